The average molecular weight is 459 g/mol. The second kappa shape index (κ2) is 8.14. The van der Waals surface area contributed by atoms with Crippen molar-refractivity contribution in [3.63, 3.8) is 0 Å². The first-order valence-corrected chi connectivity index (χ1v) is 11.5. The monoisotopic (exact) mass is 458 g/mol. The van der Waals surface area contributed by atoms with Crippen LogP contribution < -0.4 is 26.7 Å². The van der Waals surface area contributed by atoms with Gasteiger partial charge in [0.1, 0.15) is 11.3 Å². The van der Waals surface area contributed by atoms with Crippen LogP contribution in [0, 0.1) is 13.8 Å². The van der Waals surface area contributed by atoms with Crippen molar-refractivity contribution in [3.05, 3.63) is 64.4 Å². The van der Waals surface area contributed by atoms with Crippen LogP contribution in [0.15, 0.2) is 51.9 Å². The molecule has 174 valence electrons. The summed E-state index contributed by atoms with van der Waals surface area (Å²) in [6.07, 6.45) is 6.00. The number of nitrogens with one attached hydrogen (secondary N) is 3. The van der Waals surface area contributed by atoms with Gasteiger partial charge < -0.3 is 20.0 Å². The number of pyridine rings is 1. The molecule has 2 bridgehead atoms. The number of aryl methyl sites for hydroxylation is 2. The largest absolute Gasteiger partial charge is 0.439 e. The molecule has 0 saturated carbocycles. The zero-order valence-corrected chi connectivity index (χ0v) is 19.1. The summed E-state index contributed by atoms with van der Waals surface area (Å²) < 4.78 is 6.64. The zero-order valence-electron chi connectivity index (χ0n) is 19.1. The number of oxazole rings is 1. The van der Waals surface area contributed by atoms with Gasteiger partial charge in [-0.1, -0.05) is 12.1 Å². The molecule has 2 atom stereocenters. The van der Waals surface area contributed by atoms with Gasteiger partial charge in [0.05, 0.1) is 11.9 Å². The van der Waals surface area contributed by atoms with Crippen LogP contribution in [0.2, 0.25) is 0 Å². The van der Waals surface area contributed by atoms with E-state index in [2.05, 4.69) is 43.9 Å². The summed E-state index contributed by atoms with van der Waals surface area (Å²) in [4.78, 5) is 28.4. The fourth-order valence-electron chi connectivity index (χ4n) is 4.86. The number of hydrogen-bond donors (Lipinski definition) is 3. The number of piperazine rings is 1. The van der Waals surface area contributed by atoms with E-state index in [0.29, 0.717) is 34.9 Å². The van der Waals surface area contributed by atoms with Crippen LogP contribution in [-0.4, -0.2) is 44.8 Å². The van der Waals surface area contributed by atoms with E-state index in [4.69, 9.17) is 9.40 Å². The third-order valence-electron chi connectivity index (χ3n) is 6.50. The number of hydrogen-bond acceptors (Lipinski definition) is 9. The summed E-state index contributed by atoms with van der Waals surface area (Å²) in [5.41, 5.74) is 6.90. The van der Waals surface area contributed by atoms with Crippen molar-refractivity contribution in [3.8, 4) is 0 Å². The summed E-state index contributed by atoms with van der Waals surface area (Å²) in [6.45, 7) is 5.95. The Balaban J connectivity index is 1.23. The predicted molar refractivity (Wildman–Crippen MR) is 131 cm³/mol. The normalized spacial score (nSPS) is 19.5. The standard InChI is InChI=1S/C24H26N8O2/c1-14-9-18(11-25-22(14)31-12-16-7-8-17(13-31)27-16)28-23-26-10-15(2)21(29-23)30-32-19-5-3-4-6-20(19)34-24(32)33/h3-6,9-11,16-17,27H,7-8,12-13H2,1-2H3,(H2,26,28,29,30). The molecule has 1 aromatic carbocycles. The molecule has 4 aromatic rings. The zero-order chi connectivity index (χ0) is 23.2. The smallest absolute Gasteiger partial charge is 0.406 e. The van der Waals surface area contributed by atoms with Crippen molar-refractivity contribution in [2.75, 3.05) is 28.7 Å². The number of benzene rings is 1. The summed E-state index contributed by atoms with van der Waals surface area (Å²) in [5.74, 6) is 1.43. The molecule has 2 aliphatic heterocycles. The Bertz CT molecular complexity index is 1420. The topological polar surface area (TPSA) is 113 Å². The maximum absolute atomic E-state index is 12.3. The molecular weight excluding hydrogens is 432 g/mol. The van der Waals surface area contributed by atoms with Crippen molar-refractivity contribution in [2.24, 2.45) is 0 Å². The van der Waals surface area contributed by atoms with Gasteiger partial charge in [0.25, 0.3) is 0 Å². The Morgan fingerprint density at radius 1 is 1.06 bits per heavy atom. The van der Waals surface area contributed by atoms with Crippen molar-refractivity contribution in [2.45, 2.75) is 38.8 Å². The summed E-state index contributed by atoms with van der Waals surface area (Å²) in [7, 11) is 0. The molecule has 0 radical (unpaired) electrons. The van der Waals surface area contributed by atoms with Gasteiger partial charge in [0, 0.05) is 36.9 Å². The van der Waals surface area contributed by atoms with Crippen molar-refractivity contribution >= 4 is 34.4 Å². The van der Waals surface area contributed by atoms with Gasteiger partial charge in [-0.25, -0.2) is 14.8 Å². The van der Waals surface area contributed by atoms with Gasteiger partial charge in [-0.3, -0.25) is 5.43 Å². The molecule has 0 aliphatic carbocycles. The molecule has 5 heterocycles. The van der Waals surface area contributed by atoms with E-state index in [1.54, 1.807) is 12.3 Å². The second-order valence-corrected chi connectivity index (χ2v) is 9.04. The van der Waals surface area contributed by atoms with E-state index in [1.165, 1.54) is 17.5 Å². The summed E-state index contributed by atoms with van der Waals surface area (Å²) in [5, 5.41) is 6.90. The van der Waals surface area contributed by atoms with E-state index < -0.39 is 5.76 Å². The molecule has 3 aromatic heterocycles. The number of anilines is 4. The van der Waals surface area contributed by atoms with Crippen molar-refractivity contribution in [1.29, 1.82) is 0 Å². The third-order valence-corrected chi connectivity index (χ3v) is 6.50. The second-order valence-electron chi connectivity index (χ2n) is 9.04. The fraction of sp³-hybridized carbons (Fsp3) is 0.333. The number of aromatic nitrogens is 4. The lowest BCUT2D eigenvalue weighted by Gasteiger charge is -2.34. The Labute approximate surface area is 196 Å². The lowest BCUT2D eigenvalue weighted by Crippen LogP contribution is -2.51. The third kappa shape index (κ3) is 3.75. The van der Waals surface area contributed by atoms with Crippen molar-refractivity contribution < 1.29 is 4.42 Å². The van der Waals surface area contributed by atoms with E-state index >= 15 is 0 Å². The van der Waals surface area contributed by atoms with Crippen LogP contribution in [0.3, 0.4) is 0 Å². The molecule has 2 saturated heterocycles. The van der Waals surface area contributed by atoms with Crippen LogP contribution in [0.5, 0.6) is 0 Å². The van der Waals surface area contributed by atoms with E-state index in [1.807, 2.05) is 31.3 Å². The minimum Gasteiger partial charge on any atom is -0.406 e. The van der Waals surface area contributed by atoms with Crippen LogP contribution in [0.1, 0.15) is 24.0 Å². The molecule has 10 nitrogen and oxygen atoms in total. The molecule has 2 aliphatic rings. The SMILES string of the molecule is Cc1cnc(Nc2cnc(N3CC4CCC(C3)N4)c(C)c2)nc1Nn1c(=O)oc2ccccc21. The highest BCUT2D eigenvalue weighted by atomic mass is 16.4. The minimum atomic E-state index is -0.509. The van der Waals surface area contributed by atoms with Crippen molar-refractivity contribution in [1.82, 2.24) is 24.9 Å². The Hall–Kier alpha value is -3.92. The molecule has 0 amide bonds. The molecule has 3 N–H and O–H groups in total. The average Bonchev–Trinajstić information content (AvgIpc) is 3.33. The van der Waals surface area contributed by atoms with Crippen LogP contribution in [0.4, 0.5) is 23.3 Å². The quantitative estimate of drug-likeness (QED) is 0.415. The van der Waals surface area contributed by atoms with Crippen LogP contribution in [-0.2, 0) is 0 Å². The minimum absolute atomic E-state index is 0.406. The molecule has 6 rings (SSSR count). The van der Waals surface area contributed by atoms with Gasteiger partial charge in [-0.05, 0) is 50.5 Å². The van der Waals surface area contributed by atoms with Gasteiger partial charge >= 0.3 is 5.76 Å². The maximum Gasteiger partial charge on any atom is 0.439 e. The highest BCUT2D eigenvalue weighted by molar-refractivity contribution is 5.73. The molecule has 0 spiro atoms. The first kappa shape index (κ1) is 20.7. The van der Waals surface area contributed by atoms with Gasteiger partial charge in [0.2, 0.25) is 5.95 Å². The number of para-hydroxylation sites is 2. The van der Waals surface area contributed by atoms with E-state index in [-0.39, 0.29) is 0 Å². The lowest BCUT2D eigenvalue weighted by atomic mass is 10.2. The fourth-order valence-corrected chi connectivity index (χ4v) is 4.86. The van der Waals surface area contributed by atoms with Crippen LogP contribution in [0.25, 0.3) is 11.1 Å². The molecule has 34 heavy (non-hydrogen) atoms. The first-order chi connectivity index (χ1) is 16.5. The molecular formula is C24H26N8O2. The number of rotatable bonds is 5. The summed E-state index contributed by atoms with van der Waals surface area (Å²) in [6, 6.07) is 10.4. The van der Waals surface area contributed by atoms with E-state index in [9.17, 15) is 4.79 Å². The summed E-state index contributed by atoms with van der Waals surface area (Å²) >= 11 is 0. The maximum atomic E-state index is 12.3. The Morgan fingerprint density at radius 2 is 1.85 bits per heavy atom. The first-order valence-electron chi connectivity index (χ1n) is 11.5. The molecule has 10 heteroatoms. The molecule has 2 fully saturated rings. The predicted octanol–water partition coefficient (Wildman–Crippen LogP) is 2.96. The Kier molecular flexibility index (Phi) is 4.95. The van der Waals surface area contributed by atoms with Gasteiger partial charge in [-0.15, -0.1) is 0 Å². The number of fused-ring (bicyclic) bond motifs is 3. The van der Waals surface area contributed by atoms with E-state index in [0.717, 1.165) is 35.7 Å². The Morgan fingerprint density at radius 3 is 2.65 bits per heavy atom. The highest BCUT2D eigenvalue weighted by Gasteiger charge is 2.33. The highest BCUT2D eigenvalue weighted by Crippen LogP contribution is 2.28. The van der Waals surface area contributed by atoms with Gasteiger partial charge in [-0.2, -0.15) is 9.66 Å². The van der Waals surface area contributed by atoms with Crippen LogP contribution >= 0.6 is 0 Å². The lowest BCUT2D eigenvalue weighted by molar-refractivity contribution is 0.463. The number of nitrogens with zero attached hydrogens (tertiary/aromatic N) is 5. The molecule has 2 unspecified atom stereocenters. The van der Waals surface area contributed by atoms with Gasteiger partial charge in [0.15, 0.2) is 11.4 Å².